The second kappa shape index (κ2) is 21.5. The first kappa shape index (κ1) is 44.0. The van der Waals surface area contributed by atoms with Gasteiger partial charge < -0.3 is 47.1 Å². The van der Waals surface area contributed by atoms with Gasteiger partial charge in [-0.25, -0.2) is 9.78 Å². The van der Waals surface area contributed by atoms with Crippen molar-refractivity contribution >= 4 is 35.5 Å². The fraction of sp³-hybridized carbons (Fsp3) is 0.488. The van der Waals surface area contributed by atoms with Crippen LogP contribution in [-0.4, -0.2) is 103 Å². The molecule has 0 aliphatic carbocycles. The van der Waals surface area contributed by atoms with Gasteiger partial charge in [0.15, 0.2) is 0 Å². The van der Waals surface area contributed by atoms with E-state index in [2.05, 4.69) is 31.2 Å². The van der Waals surface area contributed by atoms with Crippen molar-refractivity contribution in [1.82, 2.24) is 36.1 Å². The molecule has 3 aromatic rings. The average Bonchev–Trinajstić information content (AvgIpc) is 3.92. The third-order valence-corrected chi connectivity index (χ3v) is 10.3. The molecule has 0 spiro atoms. The molecule has 5 amide bonds. The van der Waals surface area contributed by atoms with Gasteiger partial charge in [-0.2, -0.15) is 0 Å². The summed E-state index contributed by atoms with van der Waals surface area (Å²) >= 11 is 0. The minimum Gasteiger partial charge on any atom is -0.508 e. The number of carboxylic acid groups (broad SMARTS) is 1. The molecule has 2 heterocycles. The van der Waals surface area contributed by atoms with Crippen LogP contribution in [0.1, 0.15) is 76.1 Å². The number of phenolic OH excluding ortho intramolecular Hbond substituents is 1. The molecule has 9 N–H and O–H groups in total. The molecule has 1 aliphatic rings. The molecule has 4 rings (SSSR count). The van der Waals surface area contributed by atoms with E-state index in [1.165, 1.54) is 29.6 Å². The molecule has 57 heavy (non-hydrogen) atoms. The summed E-state index contributed by atoms with van der Waals surface area (Å²) in [7, 11) is 0. The summed E-state index contributed by atoms with van der Waals surface area (Å²) in [6.45, 7) is 5.80. The number of aromatic nitrogens is 2. The maximum atomic E-state index is 14.3. The third-order valence-electron chi connectivity index (χ3n) is 10.3. The van der Waals surface area contributed by atoms with Gasteiger partial charge in [0.25, 0.3) is 0 Å². The molecule has 0 unspecified atom stereocenters. The number of nitrogens with one attached hydrogen (secondary N) is 5. The van der Waals surface area contributed by atoms with Gasteiger partial charge >= 0.3 is 5.97 Å². The second-order valence-corrected chi connectivity index (χ2v) is 14.7. The number of aromatic amines is 1. The number of amides is 5. The number of aromatic hydroxyl groups is 1. The van der Waals surface area contributed by atoms with Crippen LogP contribution >= 0.6 is 0 Å². The Labute approximate surface area is 332 Å². The van der Waals surface area contributed by atoms with Crippen molar-refractivity contribution in [3.8, 4) is 5.75 Å². The fourth-order valence-corrected chi connectivity index (χ4v) is 6.77. The number of H-pyrrole nitrogens is 1. The highest BCUT2D eigenvalue weighted by Crippen LogP contribution is 2.21. The van der Waals surface area contributed by atoms with Crippen LogP contribution in [0.2, 0.25) is 0 Å². The number of benzene rings is 2. The minimum atomic E-state index is -1.23. The number of likely N-dealkylation sites (tertiary alicyclic amines) is 1. The molecule has 16 nitrogen and oxygen atoms in total. The zero-order chi connectivity index (χ0) is 41.5. The van der Waals surface area contributed by atoms with Crippen LogP contribution in [0.4, 0.5) is 0 Å². The summed E-state index contributed by atoms with van der Waals surface area (Å²) in [4.78, 5) is 89.8. The van der Waals surface area contributed by atoms with Gasteiger partial charge in [0.2, 0.25) is 29.5 Å². The Morgan fingerprint density at radius 1 is 0.860 bits per heavy atom. The molecular weight excluding hydrogens is 732 g/mol. The number of imidazole rings is 1. The third kappa shape index (κ3) is 12.9. The quantitative estimate of drug-likeness (QED) is 0.0777. The van der Waals surface area contributed by atoms with Crippen LogP contribution in [0.15, 0.2) is 67.1 Å². The Kier molecular flexibility index (Phi) is 16.6. The van der Waals surface area contributed by atoms with Crippen molar-refractivity contribution in [2.45, 2.75) is 115 Å². The summed E-state index contributed by atoms with van der Waals surface area (Å²) in [6.07, 6.45) is 6.24. The number of carboxylic acids is 1. The van der Waals surface area contributed by atoms with Gasteiger partial charge in [0.05, 0.1) is 12.4 Å². The van der Waals surface area contributed by atoms with E-state index in [-0.39, 0.29) is 31.6 Å². The molecule has 0 saturated carbocycles. The van der Waals surface area contributed by atoms with Gasteiger partial charge in [-0.15, -0.1) is 0 Å². The van der Waals surface area contributed by atoms with Crippen molar-refractivity contribution in [3.63, 3.8) is 0 Å². The van der Waals surface area contributed by atoms with E-state index in [0.29, 0.717) is 36.9 Å². The summed E-state index contributed by atoms with van der Waals surface area (Å²) in [5.41, 5.74) is 8.03. The summed E-state index contributed by atoms with van der Waals surface area (Å²) in [6, 6.07) is 8.55. The van der Waals surface area contributed by atoms with Gasteiger partial charge in [-0.3, -0.25) is 24.0 Å². The SMILES string of the molecule is CCCC[C@H](N)C(=O)N[C@@H](Cc1ccc(O)cc1)C(=O)N[C@H](C(=O)N[C@@H](Cc1cnc[nH]1)C(=O)N1CCC[C@H]1C(=O)N[C@@H](Cc1ccccc1)C(=O)O)[C@@H](C)CC. The number of nitrogens with two attached hydrogens (primary N) is 1. The van der Waals surface area contributed by atoms with E-state index in [0.717, 1.165) is 18.4 Å². The maximum Gasteiger partial charge on any atom is 0.326 e. The van der Waals surface area contributed by atoms with E-state index < -0.39 is 77.7 Å². The smallest absolute Gasteiger partial charge is 0.326 e. The number of unbranched alkanes of at least 4 members (excludes halogenated alkanes) is 1. The van der Waals surface area contributed by atoms with Crippen LogP contribution in [0.3, 0.4) is 0 Å². The molecular formula is C41H56N8O8. The first-order valence-corrected chi connectivity index (χ1v) is 19.6. The number of hydrogen-bond acceptors (Lipinski definition) is 9. The van der Waals surface area contributed by atoms with E-state index in [1.54, 1.807) is 49.4 Å². The Morgan fingerprint density at radius 3 is 2.16 bits per heavy atom. The van der Waals surface area contributed by atoms with Crippen molar-refractivity contribution in [2.24, 2.45) is 11.7 Å². The largest absolute Gasteiger partial charge is 0.508 e. The van der Waals surface area contributed by atoms with E-state index in [4.69, 9.17) is 5.73 Å². The van der Waals surface area contributed by atoms with Crippen LogP contribution in [0.5, 0.6) is 5.75 Å². The highest BCUT2D eigenvalue weighted by Gasteiger charge is 2.40. The molecule has 0 radical (unpaired) electrons. The van der Waals surface area contributed by atoms with E-state index >= 15 is 0 Å². The van der Waals surface area contributed by atoms with Crippen molar-refractivity contribution in [1.29, 1.82) is 0 Å². The van der Waals surface area contributed by atoms with Crippen LogP contribution in [-0.2, 0) is 48.0 Å². The van der Waals surface area contributed by atoms with Crippen molar-refractivity contribution in [2.75, 3.05) is 6.54 Å². The zero-order valence-electron chi connectivity index (χ0n) is 32.8. The van der Waals surface area contributed by atoms with Gasteiger partial charge in [-0.05, 0) is 48.4 Å². The minimum absolute atomic E-state index is 0.0163. The molecule has 7 atom stereocenters. The molecule has 16 heteroatoms. The number of carbonyl (C=O) groups is 6. The number of phenols is 1. The van der Waals surface area contributed by atoms with E-state index in [1.807, 2.05) is 13.8 Å². The lowest BCUT2D eigenvalue weighted by Crippen LogP contribution is -2.61. The molecule has 2 aromatic carbocycles. The molecule has 1 saturated heterocycles. The Bertz CT molecular complexity index is 1790. The van der Waals surface area contributed by atoms with Gasteiger partial charge in [0.1, 0.15) is 36.0 Å². The normalized spacial score (nSPS) is 17.0. The Balaban J connectivity index is 1.54. The number of nitrogens with zero attached hydrogens (tertiary/aromatic N) is 2. The molecule has 1 aromatic heterocycles. The molecule has 0 bridgehead atoms. The number of rotatable bonds is 21. The number of carbonyl (C=O) groups excluding carboxylic acids is 5. The summed E-state index contributed by atoms with van der Waals surface area (Å²) in [5.74, 6) is -4.58. The first-order valence-electron chi connectivity index (χ1n) is 19.6. The highest BCUT2D eigenvalue weighted by atomic mass is 16.4. The lowest BCUT2D eigenvalue weighted by Gasteiger charge is -2.31. The van der Waals surface area contributed by atoms with Gasteiger partial charge in [-0.1, -0.05) is 82.5 Å². The first-order chi connectivity index (χ1) is 27.3. The van der Waals surface area contributed by atoms with Crippen molar-refractivity contribution < 1.29 is 39.0 Å². The predicted molar refractivity (Wildman–Crippen MR) is 211 cm³/mol. The molecule has 308 valence electrons. The highest BCUT2D eigenvalue weighted by molar-refractivity contribution is 5.97. The lowest BCUT2D eigenvalue weighted by atomic mass is 9.96. The van der Waals surface area contributed by atoms with Crippen LogP contribution in [0, 0.1) is 5.92 Å². The topological polar surface area (TPSA) is 249 Å². The van der Waals surface area contributed by atoms with Crippen LogP contribution in [0.25, 0.3) is 0 Å². The zero-order valence-corrected chi connectivity index (χ0v) is 32.8. The van der Waals surface area contributed by atoms with Crippen LogP contribution < -0.4 is 27.0 Å². The molecule has 1 aliphatic heterocycles. The monoisotopic (exact) mass is 788 g/mol. The second-order valence-electron chi connectivity index (χ2n) is 14.7. The Morgan fingerprint density at radius 2 is 1.53 bits per heavy atom. The lowest BCUT2D eigenvalue weighted by molar-refractivity contribution is -0.145. The summed E-state index contributed by atoms with van der Waals surface area (Å²) in [5, 5.41) is 30.7. The summed E-state index contributed by atoms with van der Waals surface area (Å²) < 4.78 is 0. The Hall–Kier alpha value is -5.77. The van der Waals surface area contributed by atoms with Gasteiger partial charge in [0, 0.05) is 37.7 Å². The maximum absolute atomic E-state index is 14.3. The number of aliphatic carboxylic acids is 1. The number of hydrogen-bond donors (Lipinski definition) is 8. The van der Waals surface area contributed by atoms with Crippen molar-refractivity contribution in [3.05, 3.63) is 83.9 Å². The fourth-order valence-electron chi connectivity index (χ4n) is 6.77. The predicted octanol–water partition coefficient (Wildman–Crippen LogP) is 1.72. The standard InChI is InChI=1S/C41H56N8O8/c1-4-6-13-30(42)36(51)45-31(20-27-15-17-29(50)18-16-27)37(52)48-35(25(3)5-2)39(54)46-32(22-28-23-43-24-44-28)40(55)49-19-10-14-34(49)38(53)47-33(41(56)57)21-26-11-8-7-9-12-26/h7-9,11-12,15-18,23-25,30-35,50H,4-6,10,13-14,19-22,42H2,1-3H3,(H,43,44)(H,45,51)(H,46,54)(H,47,53)(H,48,52)(H,56,57)/t25-,30-,31-,32-,33-,34-,35-/m0/s1. The van der Waals surface area contributed by atoms with E-state index in [9.17, 15) is 39.0 Å². The average molecular weight is 789 g/mol. The molecule has 1 fully saturated rings.